The van der Waals surface area contributed by atoms with Crippen molar-refractivity contribution in [2.24, 2.45) is 0 Å². The third-order valence-corrected chi connectivity index (χ3v) is 7.43. The molecule has 0 unspecified atom stereocenters. The molecule has 5 rings (SSSR count). The van der Waals surface area contributed by atoms with Gasteiger partial charge in [0.1, 0.15) is 11.2 Å². The molecule has 156 valence electrons. The van der Waals surface area contributed by atoms with E-state index in [0.717, 1.165) is 6.07 Å². The number of sulfonamides is 1. The first-order chi connectivity index (χ1) is 14.2. The first-order valence-corrected chi connectivity index (χ1v) is 11.1. The summed E-state index contributed by atoms with van der Waals surface area (Å²) in [6.45, 7) is 1.76. The topological polar surface area (TPSA) is 102 Å². The van der Waals surface area contributed by atoms with E-state index in [0.29, 0.717) is 24.2 Å². The van der Waals surface area contributed by atoms with Gasteiger partial charge in [0.05, 0.1) is 11.1 Å². The SMILES string of the molecule is CC1(NS(=O)(=O)c2cc(F)c3c(c2)c(-c2nnc(C(F)F)s2)nc2ccnn23)CC1. The zero-order valence-corrected chi connectivity index (χ0v) is 16.9. The molecule has 0 amide bonds. The molecule has 0 radical (unpaired) electrons. The first kappa shape index (κ1) is 19.3. The number of benzene rings is 1. The van der Waals surface area contributed by atoms with Gasteiger partial charge in [-0.3, -0.25) is 0 Å². The fourth-order valence-electron chi connectivity index (χ4n) is 3.11. The first-order valence-electron chi connectivity index (χ1n) is 8.80. The number of nitrogens with zero attached hydrogens (tertiary/aromatic N) is 5. The summed E-state index contributed by atoms with van der Waals surface area (Å²) in [6, 6.07) is 3.67. The Labute approximate surface area is 171 Å². The number of rotatable bonds is 5. The highest BCUT2D eigenvalue weighted by molar-refractivity contribution is 7.89. The van der Waals surface area contributed by atoms with Gasteiger partial charge >= 0.3 is 0 Å². The highest BCUT2D eigenvalue weighted by Crippen LogP contribution is 2.38. The van der Waals surface area contributed by atoms with E-state index in [1.165, 1.54) is 22.8 Å². The van der Waals surface area contributed by atoms with Gasteiger partial charge in [-0.1, -0.05) is 11.3 Å². The lowest BCUT2D eigenvalue weighted by Gasteiger charge is -2.14. The van der Waals surface area contributed by atoms with E-state index >= 15 is 4.39 Å². The van der Waals surface area contributed by atoms with Gasteiger partial charge in [0.25, 0.3) is 6.43 Å². The number of halogens is 3. The molecule has 0 spiro atoms. The summed E-state index contributed by atoms with van der Waals surface area (Å²) in [5.74, 6) is -0.843. The van der Waals surface area contributed by atoms with Crippen LogP contribution in [0.3, 0.4) is 0 Å². The second kappa shape index (κ2) is 6.43. The summed E-state index contributed by atoms with van der Waals surface area (Å²) in [4.78, 5) is 4.04. The Hall–Kier alpha value is -2.64. The Morgan fingerprint density at radius 3 is 2.70 bits per heavy atom. The van der Waals surface area contributed by atoms with Gasteiger partial charge in [-0.25, -0.2) is 35.8 Å². The zero-order chi connectivity index (χ0) is 21.3. The summed E-state index contributed by atoms with van der Waals surface area (Å²) in [5.41, 5.74) is -0.284. The number of alkyl halides is 2. The quantitative estimate of drug-likeness (QED) is 0.496. The number of fused-ring (bicyclic) bond motifs is 3. The van der Waals surface area contributed by atoms with Crippen molar-refractivity contribution in [1.82, 2.24) is 29.5 Å². The molecule has 1 aliphatic rings. The Kier molecular flexibility index (Phi) is 4.14. The van der Waals surface area contributed by atoms with Crippen LogP contribution >= 0.6 is 11.3 Å². The van der Waals surface area contributed by atoms with Crippen LogP contribution in [0.4, 0.5) is 13.2 Å². The highest BCUT2D eigenvalue weighted by Gasteiger charge is 2.41. The minimum Gasteiger partial charge on any atom is -0.225 e. The van der Waals surface area contributed by atoms with Gasteiger partial charge in [-0.15, -0.1) is 10.2 Å². The fourth-order valence-corrected chi connectivity index (χ4v) is 5.31. The molecule has 0 atom stereocenters. The van der Waals surface area contributed by atoms with E-state index in [9.17, 15) is 17.2 Å². The van der Waals surface area contributed by atoms with E-state index in [4.69, 9.17) is 0 Å². The van der Waals surface area contributed by atoms with E-state index in [1.54, 1.807) is 6.92 Å². The molecule has 8 nitrogen and oxygen atoms in total. The molecule has 0 aliphatic heterocycles. The van der Waals surface area contributed by atoms with Crippen molar-refractivity contribution in [3.63, 3.8) is 0 Å². The Morgan fingerprint density at radius 2 is 2.03 bits per heavy atom. The van der Waals surface area contributed by atoms with Crippen LogP contribution in [-0.2, 0) is 10.0 Å². The average Bonchev–Trinajstić information content (AvgIpc) is 3.10. The van der Waals surface area contributed by atoms with Gasteiger partial charge < -0.3 is 0 Å². The van der Waals surface area contributed by atoms with Gasteiger partial charge in [-0.05, 0) is 31.9 Å². The van der Waals surface area contributed by atoms with Crippen LogP contribution in [0, 0.1) is 5.82 Å². The third-order valence-electron chi connectivity index (χ3n) is 4.87. The van der Waals surface area contributed by atoms with Crippen molar-refractivity contribution in [2.45, 2.75) is 36.6 Å². The maximum absolute atomic E-state index is 15.1. The van der Waals surface area contributed by atoms with Crippen LogP contribution in [0.2, 0.25) is 0 Å². The second-order valence-electron chi connectivity index (χ2n) is 7.28. The lowest BCUT2D eigenvalue weighted by atomic mass is 10.2. The predicted octanol–water partition coefficient (Wildman–Crippen LogP) is 3.31. The third kappa shape index (κ3) is 3.13. The minimum absolute atomic E-state index is 0.0232. The summed E-state index contributed by atoms with van der Waals surface area (Å²) in [6.07, 6.45) is -0.0538. The van der Waals surface area contributed by atoms with Gasteiger partial charge in [0.2, 0.25) is 10.0 Å². The number of hydrogen-bond acceptors (Lipinski definition) is 7. The van der Waals surface area contributed by atoms with Gasteiger partial charge in [-0.2, -0.15) is 5.10 Å². The van der Waals surface area contributed by atoms with E-state index < -0.39 is 32.8 Å². The van der Waals surface area contributed by atoms with Crippen LogP contribution in [0.5, 0.6) is 0 Å². The predicted molar refractivity (Wildman–Crippen MR) is 102 cm³/mol. The maximum atomic E-state index is 15.1. The van der Waals surface area contributed by atoms with Crippen molar-refractivity contribution in [3.8, 4) is 10.7 Å². The molecular formula is C17H13F3N6O2S2. The highest BCUT2D eigenvalue weighted by atomic mass is 32.2. The fraction of sp³-hybridized carbons (Fsp3) is 0.294. The Balaban J connectivity index is 1.78. The molecule has 1 N–H and O–H groups in total. The summed E-state index contributed by atoms with van der Waals surface area (Å²) in [5, 5.41) is 10.8. The van der Waals surface area contributed by atoms with Crippen molar-refractivity contribution >= 4 is 37.9 Å². The molecular weight excluding hydrogens is 441 g/mol. The van der Waals surface area contributed by atoms with Gasteiger partial charge in [0, 0.05) is 17.0 Å². The van der Waals surface area contributed by atoms with Crippen LogP contribution < -0.4 is 4.72 Å². The molecule has 3 heterocycles. The summed E-state index contributed by atoms with van der Waals surface area (Å²) < 4.78 is 70.5. The molecule has 1 saturated carbocycles. The maximum Gasteiger partial charge on any atom is 0.291 e. The van der Waals surface area contributed by atoms with Crippen LogP contribution in [0.25, 0.3) is 27.3 Å². The van der Waals surface area contributed by atoms with Crippen LogP contribution in [0.1, 0.15) is 31.2 Å². The number of nitrogens with one attached hydrogen (secondary N) is 1. The van der Waals surface area contributed by atoms with Crippen molar-refractivity contribution in [1.29, 1.82) is 0 Å². The molecule has 0 saturated heterocycles. The normalized spacial score (nSPS) is 16.0. The van der Waals surface area contributed by atoms with Crippen LogP contribution in [-0.4, -0.2) is 38.8 Å². The second-order valence-corrected chi connectivity index (χ2v) is 9.97. The van der Waals surface area contributed by atoms with Crippen molar-refractivity contribution < 1.29 is 21.6 Å². The molecule has 0 bridgehead atoms. The van der Waals surface area contributed by atoms with Crippen molar-refractivity contribution in [3.05, 3.63) is 35.2 Å². The van der Waals surface area contributed by atoms with E-state index in [-0.39, 0.29) is 32.1 Å². The lowest BCUT2D eigenvalue weighted by Crippen LogP contribution is -2.34. The monoisotopic (exact) mass is 454 g/mol. The molecule has 4 aromatic rings. The van der Waals surface area contributed by atoms with Crippen molar-refractivity contribution in [2.75, 3.05) is 0 Å². The molecule has 1 fully saturated rings. The van der Waals surface area contributed by atoms with E-state index in [2.05, 4.69) is 25.0 Å². The molecule has 3 aromatic heterocycles. The zero-order valence-electron chi connectivity index (χ0n) is 15.3. The minimum atomic E-state index is -4.02. The molecule has 30 heavy (non-hydrogen) atoms. The molecule has 13 heteroatoms. The summed E-state index contributed by atoms with van der Waals surface area (Å²) in [7, 11) is -4.02. The largest absolute Gasteiger partial charge is 0.291 e. The smallest absolute Gasteiger partial charge is 0.225 e. The molecule has 1 aliphatic carbocycles. The Bertz CT molecular complexity index is 1410. The number of hydrogen-bond donors (Lipinski definition) is 1. The molecule has 1 aromatic carbocycles. The standard InChI is InChI=1S/C17H13F3N6O2S2/c1-17(3-4-17)25-30(27,28)8-6-9-12(15-23-24-16(29-15)14(19)20)22-11-2-5-21-26(11)13(9)10(18)7-8/h2,5-7,14,25H,3-4H2,1H3. The average molecular weight is 454 g/mol. The lowest BCUT2D eigenvalue weighted by molar-refractivity contribution is 0.150. The van der Waals surface area contributed by atoms with Crippen LogP contribution in [0.15, 0.2) is 29.3 Å². The van der Waals surface area contributed by atoms with E-state index in [1.807, 2.05) is 0 Å². The Morgan fingerprint density at radius 1 is 1.27 bits per heavy atom. The van der Waals surface area contributed by atoms with Gasteiger partial charge in [0.15, 0.2) is 21.5 Å². The number of aromatic nitrogens is 5. The summed E-state index contributed by atoms with van der Waals surface area (Å²) >= 11 is 0.607.